The molecule has 5 nitrogen and oxygen atoms in total. The molecule has 5 heteroatoms. The van der Waals surface area contributed by atoms with Crippen LogP contribution in [0.2, 0.25) is 0 Å². The van der Waals surface area contributed by atoms with Crippen LogP contribution in [0.25, 0.3) is 11.2 Å². The van der Waals surface area contributed by atoms with E-state index in [-0.39, 0.29) is 6.04 Å². The minimum absolute atomic E-state index is 0.131. The lowest BCUT2D eigenvalue weighted by Gasteiger charge is -2.06. The zero-order valence-electron chi connectivity index (χ0n) is 9.53. The van der Waals surface area contributed by atoms with Crippen LogP contribution in [-0.2, 0) is 4.74 Å². The first-order valence-electron chi connectivity index (χ1n) is 5.28. The van der Waals surface area contributed by atoms with E-state index in [2.05, 4.69) is 15.0 Å². The molecule has 0 aliphatic carbocycles. The standard InChI is InChI=1S/C11H16N4O/c1-7-3-5-13-11-9(7)14-10(15-11)8(12)4-6-16-2/h3,5,8H,4,6,12H2,1-2H3,(H,13,14,15). The van der Waals surface area contributed by atoms with Crippen LogP contribution in [0.3, 0.4) is 0 Å². The van der Waals surface area contributed by atoms with Crippen LogP contribution < -0.4 is 5.73 Å². The Labute approximate surface area is 94.0 Å². The number of imidazole rings is 1. The second-order valence-corrected chi connectivity index (χ2v) is 3.84. The van der Waals surface area contributed by atoms with Crippen molar-refractivity contribution in [1.29, 1.82) is 0 Å². The van der Waals surface area contributed by atoms with E-state index in [0.29, 0.717) is 6.61 Å². The summed E-state index contributed by atoms with van der Waals surface area (Å²) < 4.78 is 4.99. The molecule has 0 fully saturated rings. The Kier molecular flexibility index (Phi) is 3.17. The van der Waals surface area contributed by atoms with Crippen LogP contribution in [-0.4, -0.2) is 28.7 Å². The molecule has 0 bridgehead atoms. The first-order chi connectivity index (χ1) is 7.72. The second kappa shape index (κ2) is 4.59. The van der Waals surface area contributed by atoms with Gasteiger partial charge in [-0.25, -0.2) is 9.97 Å². The summed E-state index contributed by atoms with van der Waals surface area (Å²) in [5, 5.41) is 0. The van der Waals surface area contributed by atoms with Crippen molar-refractivity contribution in [2.45, 2.75) is 19.4 Å². The van der Waals surface area contributed by atoms with Gasteiger partial charge in [-0.05, 0) is 25.0 Å². The predicted octanol–water partition coefficient (Wildman–Crippen LogP) is 1.30. The second-order valence-electron chi connectivity index (χ2n) is 3.84. The van der Waals surface area contributed by atoms with Crippen molar-refractivity contribution in [3.63, 3.8) is 0 Å². The minimum atomic E-state index is -0.131. The van der Waals surface area contributed by atoms with Crippen molar-refractivity contribution in [3.8, 4) is 0 Å². The highest BCUT2D eigenvalue weighted by molar-refractivity contribution is 5.74. The Bertz CT molecular complexity index is 480. The number of fused-ring (bicyclic) bond motifs is 1. The van der Waals surface area contributed by atoms with Crippen LogP contribution in [0.15, 0.2) is 12.3 Å². The smallest absolute Gasteiger partial charge is 0.178 e. The van der Waals surface area contributed by atoms with E-state index in [1.165, 1.54) is 0 Å². The molecular formula is C11H16N4O. The summed E-state index contributed by atoms with van der Waals surface area (Å²) in [5.74, 6) is 0.772. The molecule has 1 unspecified atom stereocenters. The van der Waals surface area contributed by atoms with Gasteiger partial charge in [0.15, 0.2) is 5.65 Å². The van der Waals surface area contributed by atoms with Gasteiger partial charge in [0, 0.05) is 19.9 Å². The first-order valence-corrected chi connectivity index (χ1v) is 5.28. The molecule has 0 aliphatic heterocycles. The molecule has 0 spiro atoms. The van der Waals surface area contributed by atoms with E-state index >= 15 is 0 Å². The number of rotatable bonds is 4. The molecule has 2 aromatic heterocycles. The monoisotopic (exact) mass is 220 g/mol. The van der Waals surface area contributed by atoms with Crippen LogP contribution in [0.4, 0.5) is 0 Å². The lowest BCUT2D eigenvalue weighted by molar-refractivity contribution is 0.187. The first kappa shape index (κ1) is 11.0. The number of aryl methyl sites for hydroxylation is 1. The number of pyridine rings is 1. The molecule has 2 rings (SSSR count). The van der Waals surface area contributed by atoms with Gasteiger partial charge in [-0.1, -0.05) is 0 Å². The van der Waals surface area contributed by atoms with Crippen LogP contribution in [0.5, 0.6) is 0 Å². The fraction of sp³-hybridized carbons (Fsp3) is 0.455. The van der Waals surface area contributed by atoms with Crippen LogP contribution in [0.1, 0.15) is 23.9 Å². The van der Waals surface area contributed by atoms with Crippen LogP contribution >= 0.6 is 0 Å². The highest BCUT2D eigenvalue weighted by Gasteiger charge is 2.12. The van der Waals surface area contributed by atoms with Gasteiger partial charge in [0.05, 0.1) is 11.6 Å². The molecule has 16 heavy (non-hydrogen) atoms. The third-order valence-corrected chi connectivity index (χ3v) is 2.60. The molecule has 2 heterocycles. The third kappa shape index (κ3) is 2.05. The predicted molar refractivity (Wildman–Crippen MR) is 62.0 cm³/mol. The number of H-pyrrole nitrogens is 1. The van der Waals surface area contributed by atoms with Gasteiger partial charge < -0.3 is 15.5 Å². The molecule has 0 saturated heterocycles. The number of ether oxygens (including phenoxy) is 1. The molecule has 0 amide bonds. The van der Waals surface area contributed by atoms with E-state index in [1.807, 2.05) is 13.0 Å². The Balaban J connectivity index is 2.29. The summed E-state index contributed by atoms with van der Waals surface area (Å²) in [4.78, 5) is 11.8. The number of hydrogen-bond donors (Lipinski definition) is 2. The fourth-order valence-electron chi connectivity index (χ4n) is 1.61. The molecule has 2 aromatic rings. The lowest BCUT2D eigenvalue weighted by Crippen LogP contribution is -2.14. The van der Waals surface area contributed by atoms with Crippen molar-refractivity contribution in [2.24, 2.45) is 5.73 Å². The van der Waals surface area contributed by atoms with Crippen molar-refractivity contribution >= 4 is 11.2 Å². The maximum absolute atomic E-state index is 5.99. The Morgan fingerprint density at radius 3 is 3.06 bits per heavy atom. The molecule has 0 aromatic carbocycles. The van der Waals surface area contributed by atoms with Crippen molar-refractivity contribution in [3.05, 3.63) is 23.7 Å². The van der Waals surface area contributed by atoms with E-state index in [4.69, 9.17) is 10.5 Å². The summed E-state index contributed by atoms with van der Waals surface area (Å²) in [6.07, 6.45) is 2.50. The Morgan fingerprint density at radius 2 is 2.38 bits per heavy atom. The third-order valence-electron chi connectivity index (χ3n) is 2.60. The molecule has 86 valence electrons. The zero-order valence-corrected chi connectivity index (χ0v) is 9.53. The number of aromatic amines is 1. The number of nitrogens with zero attached hydrogens (tertiary/aromatic N) is 2. The van der Waals surface area contributed by atoms with Gasteiger partial charge in [-0.15, -0.1) is 0 Å². The maximum atomic E-state index is 5.99. The van der Waals surface area contributed by atoms with E-state index in [1.54, 1.807) is 13.3 Å². The summed E-state index contributed by atoms with van der Waals surface area (Å²) in [7, 11) is 1.66. The van der Waals surface area contributed by atoms with Crippen LogP contribution in [0, 0.1) is 6.92 Å². The Hall–Kier alpha value is -1.46. The van der Waals surface area contributed by atoms with Crippen molar-refractivity contribution in [2.75, 3.05) is 13.7 Å². The van der Waals surface area contributed by atoms with Crippen molar-refractivity contribution < 1.29 is 4.74 Å². The largest absolute Gasteiger partial charge is 0.385 e. The summed E-state index contributed by atoms with van der Waals surface area (Å²) in [6.45, 7) is 2.65. The number of methoxy groups -OCH3 is 1. The van der Waals surface area contributed by atoms with Gasteiger partial charge in [0.1, 0.15) is 5.82 Å². The van der Waals surface area contributed by atoms with E-state index < -0.39 is 0 Å². The highest BCUT2D eigenvalue weighted by Crippen LogP contribution is 2.17. The van der Waals surface area contributed by atoms with E-state index in [9.17, 15) is 0 Å². The lowest BCUT2D eigenvalue weighted by atomic mass is 10.2. The summed E-state index contributed by atoms with van der Waals surface area (Å²) >= 11 is 0. The van der Waals surface area contributed by atoms with Gasteiger partial charge in [0.25, 0.3) is 0 Å². The number of nitrogens with two attached hydrogens (primary N) is 1. The molecular weight excluding hydrogens is 204 g/mol. The summed E-state index contributed by atoms with van der Waals surface area (Å²) in [6, 6.07) is 1.82. The molecule has 0 aliphatic rings. The van der Waals surface area contributed by atoms with E-state index in [0.717, 1.165) is 29.0 Å². The molecule has 3 N–H and O–H groups in total. The van der Waals surface area contributed by atoms with Gasteiger partial charge in [-0.2, -0.15) is 0 Å². The zero-order chi connectivity index (χ0) is 11.5. The van der Waals surface area contributed by atoms with Gasteiger partial charge in [0.2, 0.25) is 0 Å². The topological polar surface area (TPSA) is 76.8 Å². The maximum Gasteiger partial charge on any atom is 0.178 e. The fourth-order valence-corrected chi connectivity index (χ4v) is 1.61. The summed E-state index contributed by atoms with van der Waals surface area (Å²) in [5.41, 5.74) is 8.81. The molecule has 0 radical (unpaired) electrons. The van der Waals surface area contributed by atoms with Gasteiger partial charge in [-0.3, -0.25) is 0 Å². The minimum Gasteiger partial charge on any atom is -0.385 e. The Morgan fingerprint density at radius 1 is 1.56 bits per heavy atom. The molecule has 1 atom stereocenters. The number of hydrogen-bond acceptors (Lipinski definition) is 4. The molecule has 0 saturated carbocycles. The normalized spacial score (nSPS) is 13.2. The quantitative estimate of drug-likeness (QED) is 0.814. The SMILES string of the molecule is COCCC(N)c1nc2nccc(C)c2[nH]1. The average molecular weight is 220 g/mol. The number of aromatic nitrogens is 3. The average Bonchev–Trinajstić information content (AvgIpc) is 2.71. The number of nitrogens with one attached hydrogen (secondary N) is 1. The highest BCUT2D eigenvalue weighted by atomic mass is 16.5. The van der Waals surface area contributed by atoms with Crippen molar-refractivity contribution in [1.82, 2.24) is 15.0 Å². The van der Waals surface area contributed by atoms with Gasteiger partial charge >= 0.3 is 0 Å².